The van der Waals surface area contributed by atoms with Crippen molar-refractivity contribution in [3.05, 3.63) is 29.8 Å². The molecule has 1 aromatic rings. The number of anilines is 1. The van der Waals surface area contributed by atoms with Crippen LogP contribution in [0.15, 0.2) is 24.3 Å². The molecule has 0 amide bonds. The maximum absolute atomic E-state index is 6.32. The van der Waals surface area contributed by atoms with Gasteiger partial charge in [0.2, 0.25) is 0 Å². The highest BCUT2D eigenvalue weighted by Gasteiger charge is 2.21. The second-order valence-corrected chi connectivity index (χ2v) is 6.09. The molecular formula is C18H32N2. The summed E-state index contributed by atoms with van der Waals surface area (Å²) >= 11 is 0. The van der Waals surface area contributed by atoms with Crippen LogP contribution < -0.4 is 10.6 Å². The Morgan fingerprint density at radius 2 is 1.60 bits per heavy atom. The van der Waals surface area contributed by atoms with E-state index in [1.54, 1.807) is 0 Å². The fourth-order valence-corrected chi connectivity index (χ4v) is 2.85. The lowest BCUT2D eigenvalue weighted by Crippen LogP contribution is -2.38. The Balaban J connectivity index is 3.18. The van der Waals surface area contributed by atoms with Gasteiger partial charge in [-0.05, 0) is 36.8 Å². The molecule has 0 saturated heterocycles. The highest BCUT2D eigenvalue weighted by molar-refractivity contribution is 5.55. The summed E-state index contributed by atoms with van der Waals surface area (Å²) in [5.41, 5.74) is 8.95. The molecular weight excluding hydrogens is 244 g/mol. The lowest BCUT2D eigenvalue weighted by Gasteiger charge is -2.36. The highest BCUT2D eigenvalue weighted by Crippen LogP contribution is 2.30. The Bertz CT molecular complexity index is 383. The highest BCUT2D eigenvalue weighted by atomic mass is 15.2. The minimum atomic E-state index is 0.134. The molecule has 0 heterocycles. The fourth-order valence-electron chi connectivity index (χ4n) is 2.85. The van der Waals surface area contributed by atoms with E-state index >= 15 is 0 Å². The Morgan fingerprint density at radius 3 is 2.10 bits per heavy atom. The first-order chi connectivity index (χ1) is 9.54. The molecule has 1 atom stereocenters. The Labute approximate surface area is 125 Å². The molecule has 0 saturated carbocycles. The van der Waals surface area contributed by atoms with Crippen LogP contribution in [0, 0.1) is 5.92 Å². The van der Waals surface area contributed by atoms with Gasteiger partial charge in [0.05, 0.1) is 0 Å². The number of nitrogens with two attached hydrogens (primary N) is 1. The van der Waals surface area contributed by atoms with E-state index in [0.29, 0.717) is 12.0 Å². The first kappa shape index (κ1) is 17.0. The number of hydrogen-bond donors (Lipinski definition) is 1. The van der Waals surface area contributed by atoms with Crippen molar-refractivity contribution in [1.82, 2.24) is 0 Å². The molecule has 1 rings (SSSR count). The van der Waals surface area contributed by atoms with Crippen molar-refractivity contribution in [2.24, 2.45) is 11.7 Å². The summed E-state index contributed by atoms with van der Waals surface area (Å²) in [5.74, 6) is 0.654. The minimum Gasteiger partial charge on any atom is -0.368 e. The fraction of sp³-hybridized carbons (Fsp3) is 0.667. The molecule has 20 heavy (non-hydrogen) atoms. The molecule has 2 N–H and O–H groups in total. The van der Waals surface area contributed by atoms with Gasteiger partial charge >= 0.3 is 0 Å². The van der Waals surface area contributed by atoms with Gasteiger partial charge in [-0.25, -0.2) is 0 Å². The third-order valence-electron chi connectivity index (χ3n) is 4.03. The van der Waals surface area contributed by atoms with E-state index in [0.717, 1.165) is 13.0 Å². The van der Waals surface area contributed by atoms with Crippen molar-refractivity contribution in [1.29, 1.82) is 0 Å². The van der Waals surface area contributed by atoms with Gasteiger partial charge in [-0.2, -0.15) is 0 Å². The zero-order chi connectivity index (χ0) is 15.1. The van der Waals surface area contributed by atoms with E-state index in [9.17, 15) is 0 Å². The summed E-state index contributed by atoms with van der Waals surface area (Å²) in [6.45, 7) is 12.4. The van der Waals surface area contributed by atoms with Gasteiger partial charge in [0, 0.05) is 24.3 Å². The van der Waals surface area contributed by atoms with Gasteiger partial charge in [0.25, 0.3) is 0 Å². The molecule has 0 aromatic heterocycles. The van der Waals surface area contributed by atoms with Crippen molar-refractivity contribution in [2.75, 3.05) is 11.4 Å². The predicted molar refractivity (Wildman–Crippen MR) is 90.2 cm³/mol. The summed E-state index contributed by atoms with van der Waals surface area (Å²) in [5, 5.41) is 0. The van der Waals surface area contributed by atoms with Crippen LogP contribution in [0.1, 0.15) is 65.5 Å². The average molecular weight is 276 g/mol. The summed E-state index contributed by atoms with van der Waals surface area (Å²) in [4.78, 5) is 2.58. The van der Waals surface area contributed by atoms with Gasteiger partial charge in [0.15, 0.2) is 0 Å². The average Bonchev–Trinajstić information content (AvgIpc) is 2.46. The van der Waals surface area contributed by atoms with Gasteiger partial charge < -0.3 is 10.6 Å². The van der Waals surface area contributed by atoms with Crippen LogP contribution in [0.4, 0.5) is 5.69 Å². The number of benzene rings is 1. The largest absolute Gasteiger partial charge is 0.368 e. The maximum atomic E-state index is 6.32. The normalized spacial score (nSPS) is 13.0. The molecule has 0 aliphatic rings. The molecule has 0 aliphatic heterocycles. The van der Waals surface area contributed by atoms with Gasteiger partial charge in [-0.1, -0.05) is 52.8 Å². The summed E-state index contributed by atoms with van der Waals surface area (Å²) in [6, 6.07) is 9.41. The quantitative estimate of drug-likeness (QED) is 0.742. The summed E-state index contributed by atoms with van der Waals surface area (Å²) in [7, 11) is 0. The Hall–Kier alpha value is -1.02. The molecule has 0 bridgehead atoms. The second-order valence-electron chi connectivity index (χ2n) is 6.09. The van der Waals surface area contributed by atoms with Crippen molar-refractivity contribution < 1.29 is 0 Å². The van der Waals surface area contributed by atoms with Crippen LogP contribution in [0.5, 0.6) is 0 Å². The van der Waals surface area contributed by atoms with Gasteiger partial charge in [-0.15, -0.1) is 0 Å². The first-order valence-electron chi connectivity index (χ1n) is 8.16. The zero-order valence-electron chi connectivity index (χ0n) is 13.9. The van der Waals surface area contributed by atoms with E-state index < -0.39 is 0 Å². The number of rotatable bonds is 8. The molecule has 0 unspecified atom stereocenters. The standard InChI is InChI=1S/C18H32N2/c1-6-15(7-2)20(13-14(4)5)18-12-10-9-11-16(18)17(19)8-3/h9-12,14-15,17H,6-8,13,19H2,1-5H3/t17-/m1/s1. The van der Waals surface area contributed by atoms with Crippen molar-refractivity contribution >= 4 is 5.69 Å². The molecule has 0 fully saturated rings. The minimum absolute atomic E-state index is 0.134. The Morgan fingerprint density at radius 1 is 1.00 bits per heavy atom. The monoisotopic (exact) mass is 276 g/mol. The third-order valence-corrected chi connectivity index (χ3v) is 4.03. The van der Waals surface area contributed by atoms with E-state index in [4.69, 9.17) is 5.73 Å². The zero-order valence-corrected chi connectivity index (χ0v) is 13.9. The van der Waals surface area contributed by atoms with E-state index in [1.807, 2.05) is 0 Å². The van der Waals surface area contributed by atoms with Crippen LogP contribution in [0.3, 0.4) is 0 Å². The smallest absolute Gasteiger partial charge is 0.0417 e. The van der Waals surface area contributed by atoms with Crippen molar-refractivity contribution in [2.45, 2.75) is 66.0 Å². The lowest BCUT2D eigenvalue weighted by molar-refractivity contribution is 0.504. The van der Waals surface area contributed by atoms with Gasteiger partial charge in [-0.3, -0.25) is 0 Å². The van der Waals surface area contributed by atoms with Crippen LogP contribution in [-0.2, 0) is 0 Å². The van der Waals surface area contributed by atoms with E-state index in [2.05, 4.69) is 63.8 Å². The number of para-hydroxylation sites is 1. The Kier molecular flexibility index (Phi) is 7.08. The van der Waals surface area contributed by atoms with Crippen LogP contribution in [0.25, 0.3) is 0 Å². The van der Waals surface area contributed by atoms with Crippen LogP contribution in [-0.4, -0.2) is 12.6 Å². The summed E-state index contributed by atoms with van der Waals surface area (Å²) in [6.07, 6.45) is 3.34. The van der Waals surface area contributed by atoms with Crippen LogP contribution in [0.2, 0.25) is 0 Å². The van der Waals surface area contributed by atoms with Gasteiger partial charge in [0.1, 0.15) is 0 Å². The second kappa shape index (κ2) is 8.31. The van der Waals surface area contributed by atoms with Crippen molar-refractivity contribution in [3.63, 3.8) is 0 Å². The third kappa shape index (κ3) is 4.24. The van der Waals surface area contributed by atoms with Crippen molar-refractivity contribution in [3.8, 4) is 0 Å². The number of nitrogens with zero attached hydrogens (tertiary/aromatic N) is 1. The molecule has 0 spiro atoms. The van der Waals surface area contributed by atoms with Crippen LogP contribution >= 0.6 is 0 Å². The molecule has 2 heteroatoms. The molecule has 0 radical (unpaired) electrons. The lowest BCUT2D eigenvalue weighted by atomic mass is 9.99. The van der Waals surface area contributed by atoms with E-state index in [-0.39, 0.29) is 6.04 Å². The molecule has 2 nitrogen and oxygen atoms in total. The SMILES string of the molecule is CCC(CC)N(CC(C)C)c1ccccc1[C@H](N)CC. The molecule has 0 aliphatic carbocycles. The topological polar surface area (TPSA) is 29.3 Å². The summed E-state index contributed by atoms with van der Waals surface area (Å²) < 4.78 is 0. The number of hydrogen-bond acceptors (Lipinski definition) is 2. The van der Waals surface area contributed by atoms with E-state index in [1.165, 1.54) is 24.1 Å². The predicted octanol–water partition coefficient (Wildman–Crippen LogP) is 4.75. The molecule has 1 aromatic carbocycles. The first-order valence-corrected chi connectivity index (χ1v) is 8.16. The maximum Gasteiger partial charge on any atom is 0.0417 e. The molecule has 114 valence electrons.